The van der Waals surface area contributed by atoms with Gasteiger partial charge in [-0.05, 0) is 30.9 Å². The number of alkyl halides is 3. The van der Waals surface area contributed by atoms with Crippen molar-refractivity contribution in [1.29, 1.82) is 0 Å². The van der Waals surface area contributed by atoms with Crippen LogP contribution in [-0.4, -0.2) is 54.9 Å². The van der Waals surface area contributed by atoms with E-state index in [0.717, 1.165) is 12.8 Å². The Hall–Kier alpha value is -3.57. The van der Waals surface area contributed by atoms with E-state index in [2.05, 4.69) is 25.5 Å². The summed E-state index contributed by atoms with van der Waals surface area (Å²) >= 11 is 0. The molecule has 0 saturated carbocycles. The monoisotopic (exact) mass is 463 g/mol. The van der Waals surface area contributed by atoms with Crippen LogP contribution < -0.4 is 5.32 Å². The van der Waals surface area contributed by atoms with Gasteiger partial charge in [0.25, 0.3) is 5.91 Å². The van der Waals surface area contributed by atoms with E-state index in [1.54, 1.807) is 4.90 Å². The number of hydrogen-bond acceptors (Lipinski definition) is 6. The lowest BCUT2D eigenvalue weighted by atomic mass is 9.90. The summed E-state index contributed by atoms with van der Waals surface area (Å²) in [5.41, 5.74) is -0.467. The van der Waals surface area contributed by atoms with Crippen molar-refractivity contribution in [2.45, 2.75) is 32.0 Å². The predicted molar refractivity (Wildman–Crippen MR) is 110 cm³/mol. The highest BCUT2D eigenvalue weighted by Crippen LogP contribution is 2.29. The minimum absolute atomic E-state index is 0.0383. The number of anilines is 1. The van der Waals surface area contributed by atoms with Crippen molar-refractivity contribution in [3.8, 4) is 5.69 Å². The van der Waals surface area contributed by atoms with E-state index in [9.17, 15) is 22.4 Å². The third-order valence-corrected chi connectivity index (χ3v) is 5.65. The molecule has 3 aromatic rings. The van der Waals surface area contributed by atoms with E-state index < -0.39 is 17.6 Å². The van der Waals surface area contributed by atoms with Gasteiger partial charge in [0.2, 0.25) is 5.95 Å². The molecule has 1 aliphatic heterocycles. The van der Waals surface area contributed by atoms with E-state index in [1.807, 2.05) is 6.92 Å². The molecule has 1 amide bonds. The average molecular weight is 463 g/mol. The van der Waals surface area contributed by atoms with Gasteiger partial charge in [-0.25, -0.2) is 14.4 Å². The number of benzene rings is 1. The summed E-state index contributed by atoms with van der Waals surface area (Å²) in [6, 6.07) is 3.53. The Balaban J connectivity index is 1.55. The molecule has 4 rings (SSSR count). The van der Waals surface area contributed by atoms with Crippen LogP contribution in [0.15, 0.2) is 43.0 Å². The van der Waals surface area contributed by atoms with Gasteiger partial charge in [0, 0.05) is 31.5 Å². The molecule has 1 N–H and O–H groups in total. The van der Waals surface area contributed by atoms with Gasteiger partial charge in [-0.3, -0.25) is 4.79 Å². The zero-order chi connectivity index (χ0) is 23.6. The smallest absolute Gasteiger partial charge is 0.352 e. The highest BCUT2D eigenvalue weighted by atomic mass is 19.4. The van der Waals surface area contributed by atoms with Gasteiger partial charge in [-0.1, -0.05) is 6.92 Å². The van der Waals surface area contributed by atoms with E-state index in [0.29, 0.717) is 18.9 Å². The third kappa shape index (κ3) is 4.94. The molecular weight excluding hydrogens is 442 g/mol. The summed E-state index contributed by atoms with van der Waals surface area (Å²) in [5.74, 6) is -0.690. The molecular formula is C21H21F4N7O. The van der Waals surface area contributed by atoms with Gasteiger partial charge < -0.3 is 10.2 Å². The summed E-state index contributed by atoms with van der Waals surface area (Å²) in [6.45, 7) is 2.72. The molecule has 1 aromatic carbocycles. The maximum atomic E-state index is 13.9. The molecule has 2 atom stereocenters. The topological polar surface area (TPSA) is 88.8 Å². The van der Waals surface area contributed by atoms with Crippen LogP contribution in [0.25, 0.3) is 5.69 Å². The minimum atomic E-state index is -4.52. The fraction of sp³-hybridized carbons (Fsp3) is 0.381. The number of nitrogens with zero attached hydrogens (tertiary/aromatic N) is 6. The molecule has 1 fully saturated rings. The Morgan fingerprint density at radius 1 is 1.18 bits per heavy atom. The third-order valence-electron chi connectivity index (χ3n) is 5.65. The number of piperidine rings is 1. The lowest BCUT2D eigenvalue weighted by Crippen LogP contribution is -2.51. The molecule has 1 aliphatic rings. The van der Waals surface area contributed by atoms with Crippen LogP contribution in [0, 0.1) is 11.7 Å². The molecule has 174 valence electrons. The van der Waals surface area contributed by atoms with Gasteiger partial charge in [0.15, 0.2) is 0 Å². The number of aromatic nitrogens is 5. The number of carbonyl (C=O) groups is 1. The van der Waals surface area contributed by atoms with E-state index >= 15 is 0 Å². The van der Waals surface area contributed by atoms with E-state index in [-0.39, 0.29) is 41.6 Å². The fourth-order valence-corrected chi connectivity index (χ4v) is 3.92. The summed E-state index contributed by atoms with van der Waals surface area (Å²) in [4.78, 5) is 23.8. The Bertz CT molecular complexity index is 1100. The number of nitrogens with one attached hydrogen (secondary N) is 1. The van der Waals surface area contributed by atoms with Crippen molar-refractivity contribution in [3.05, 3.63) is 59.9 Å². The average Bonchev–Trinajstić information content (AvgIpc) is 3.32. The standard InChI is InChI=1S/C21H21F4N7O/c1-13-3-2-8-31(18(13)12-28-20-26-10-14(11-27-20)21(23,24)25)19(33)16-5-4-15(22)9-17(16)32-29-6-7-30-32/h4-7,9-11,13,18H,2-3,8,12H2,1H3,(H,26,27,28)/t13-,18?/m1/s1. The first-order valence-corrected chi connectivity index (χ1v) is 10.3. The summed E-state index contributed by atoms with van der Waals surface area (Å²) in [7, 11) is 0. The lowest BCUT2D eigenvalue weighted by Gasteiger charge is -2.40. The van der Waals surface area contributed by atoms with Gasteiger partial charge in [0.1, 0.15) is 11.5 Å². The first-order chi connectivity index (χ1) is 15.7. The summed E-state index contributed by atoms with van der Waals surface area (Å²) in [6.07, 6.45) is 1.43. The molecule has 12 heteroatoms. The Morgan fingerprint density at radius 3 is 2.55 bits per heavy atom. The second kappa shape index (κ2) is 9.12. The van der Waals surface area contributed by atoms with Crippen LogP contribution in [0.1, 0.15) is 35.7 Å². The number of rotatable bonds is 5. The second-order valence-corrected chi connectivity index (χ2v) is 7.84. The maximum Gasteiger partial charge on any atom is 0.419 e. The highest BCUT2D eigenvalue weighted by molar-refractivity contribution is 5.98. The van der Waals surface area contributed by atoms with E-state index in [4.69, 9.17) is 0 Å². The minimum Gasteiger partial charge on any atom is -0.352 e. The number of likely N-dealkylation sites (tertiary alicyclic amines) is 1. The molecule has 3 heterocycles. The van der Waals surface area contributed by atoms with Crippen molar-refractivity contribution < 1.29 is 22.4 Å². The second-order valence-electron chi connectivity index (χ2n) is 7.84. The first-order valence-electron chi connectivity index (χ1n) is 10.3. The number of carbonyl (C=O) groups excluding carboxylic acids is 1. The van der Waals surface area contributed by atoms with Crippen LogP contribution in [-0.2, 0) is 6.18 Å². The lowest BCUT2D eigenvalue weighted by molar-refractivity contribution is -0.138. The van der Waals surface area contributed by atoms with Crippen molar-refractivity contribution >= 4 is 11.9 Å². The molecule has 0 spiro atoms. The van der Waals surface area contributed by atoms with Gasteiger partial charge in [-0.2, -0.15) is 28.2 Å². The number of hydrogen-bond donors (Lipinski definition) is 1. The molecule has 0 bridgehead atoms. The normalized spacial score (nSPS) is 18.9. The zero-order valence-corrected chi connectivity index (χ0v) is 17.6. The summed E-state index contributed by atoms with van der Waals surface area (Å²) in [5, 5.41) is 11.0. The molecule has 2 aromatic heterocycles. The summed E-state index contributed by atoms with van der Waals surface area (Å²) < 4.78 is 52.1. The van der Waals surface area contributed by atoms with Crippen molar-refractivity contribution in [3.63, 3.8) is 0 Å². The van der Waals surface area contributed by atoms with Crippen molar-refractivity contribution in [2.24, 2.45) is 5.92 Å². The number of halogens is 4. The maximum absolute atomic E-state index is 13.9. The highest BCUT2D eigenvalue weighted by Gasteiger charge is 2.34. The first kappa shape index (κ1) is 22.6. The van der Waals surface area contributed by atoms with Crippen molar-refractivity contribution in [1.82, 2.24) is 29.9 Å². The number of amides is 1. The van der Waals surface area contributed by atoms with E-state index in [1.165, 1.54) is 35.4 Å². The fourth-order valence-electron chi connectivity index (χ4n) is 3.92. The van der Waals surface area contributed by atoms with Gasteiger partial charge in [0.05, 0.1) is 29.6 Å². The molecule has 1 saturated heterocycles. The van der Waals surface area contributed by atoms with Crippen LogP contribution >= 0.6 is 0 Å². The van der Waals surface area contributed by atoms with Crippen LogP contribution in [0.3, 0.4) is 0 Å². The predicted octanol–water partition coefficient (Wildman–Crippen LogP) is 3.57. The SMILES string of the molecule is C[C@@H]1CCCN(C(=O)c2ccc(F)cc2-n2nccn2)C1CNc1ncc(C(F)(F)F)cn1. The molecule has 0 aliphatic carbocycles. The van der Waals surface area contributed by atoms with Crippen LogP contribution in [0.5, 0.6) is 0 Å². The largest absolute Gasteiger partial charge is 0.419 e. The Labute approximate surface area is 186 Å². The zero-order valence-electron chi connectivity index (χ0n) is 17.6. The molecule has 8 nitrogen and oxygen atoms in total. The van der Waals surface area contributed by atoms with Gasteiger partial charge in [-0.15, -0.1) is 0 Å². The van der Waals surface area contributed by atoms with Crippen LogP contribution in [0.4, 0.5) is 23.5 Å². The molecule has 0 radical (unpaired) electrons. The van der Waals surface area contributed by atoms with Gasteiger partial charge >= 0.3 is 6.18 Å². The Morgan fingerprint density at radius 2 is 1.88 bits per heavy atom. The molecule has 33 heavy (non-hydrogen) atoms. The Kier molecular flexibility index (Phi) is 6.25. The van der Waals surface area contributed by atoms with Crippen molar-refractivity contribution in [2.75, 3.05) is 18.4 Å². The molecule has 1 unspecified atom stereocenters. The quantitative estimate of drug-likeness (QED) is 0.582. The van der Waals surface area contributed by atoms with Crippen LogP contribution in [0.2, 0.25) is 0 Å².